The van der Waals surface area contributed by atoms with E-state index in [0.717, 1.165) is 24.1 Å². The molecule has 8 nitrogen and oxygen atoms in total. The number of pyridine rings is 1. The zero-order valence-corrected chi connectivity index (χ0v) is 17.1. The van der Waals surface area contributed by atoms with Crippen molar-refractivity contribution in [1.29, 1.82) is 0 Å². The second-order valence-electron chi connectivity index (χ2n) is 7.08. The molecular formula is C20H22N4O4S. The van der Waals surface area contributed by atoms with Crippen LogP contribution in [0, 0.1) is 5.92 Å². The minimum atomic E-state index is -0.550. The van der Waals surface area contributed by atoms with Crippen LogP contribution in [-0.2, 0) is 16.0 Å². The van der Waals surface area contributed by atoms with Crippen molar-refractivity contribution < 1.29 is 19.1 Å². The van der Waals surface area contributed by atoms with Crippen molar-refractivity contribution in [2.24, 2.45) is 5.92 Å². The fraction of sp³-hybridized carbons (Fsp3) is 0.400. The van der Waals surface area contributed by atoms with Crippen LogP contribution in [-0.4, -0.2) is 47.9 Å². The molecule has 0 radical (unpaired) electrons. The van der Waals surface area contributed by atoms with Crippen molar-refractivity contribution in [3.63, 3.8) is 0 Å². The Labute approximate surface area is 172 Å². The Hall–Kier alpha value is -2.94. The fourth-order valence-electron chi connectivity index (χ4n) is 3.33. The first-order valence-corrected chi connectivity index (χ1v) is 10.5. The molecule has 0 atom stereocenters. The number of nitrogens with zero attached hydrogens (tertiary/aromatic N) is 2. The van der Waals surface area contributed by atoms with Crippen LogP contribution in [0.5, 0.6) is 0 Å². The van der Waals surface area contributed by atoms with Crippen molar-refractivity contribution in [1.82, 2.24) is 9.88 Å². The van der Waals surface area contributed by atoms with Crippen LogP contribution in [0.1, 0.15) is 45.4 Å². The summed E-state index contributed by atoms with van der Waals surface area (Å²) in [4.78, 5) is 44.1. The summed E-state index contributed by atoms with van der Waals surface area (Å²) in [7, 11) is 1.30. The normalized spacial score (nSPS) is 15.7. The average Bonchev–Trinajstić information content (AvgIpc) is 3.50. The van der Waals surface area contributed by atoms with Crippen molar-refractivity contribution in [3.8, 4) is 0 Å². The van der Waals surface area contributed by atoms with E-state index in [1.165, 1.54) is 24.6 Å². The number of thiophene rings is 1. The molecule has 0 bridgehead atoms. The molecule has 2 aromatic heterocycles. The number of aromatic nitrogens is 1. The Morgan fingerprint density at radius 2 is 2.14 bits per heavy atom. The largest absolute Gasteiger partial charge is 0.465 e. The van der Waals surface area contributed by atoms with Crippen LogP contribution in [0.2, 0.25) is 0 Å². The highest BCUT2D eigenvalue weighted by Gasteiger charge is 2.31. The van der Waals surface area contributed by atoms with E-state index >= 15 is 0 Å². The number of rotatable bonds is 6. The predicted molar refractivity (Wildman–Crippen MR) is 110 cm³/mol. The summed E-state index contributed by atoms with van der Waals surface area (Å²) < 4.78 is 4.85. The summed E-state index contributed by atoms with van der Waals surface area (Å²) in [5.41, 5.74) is 1.94. The van der Waals surface area contributed by atoms with Gasteiger partial charge in [0.05, 0.1) is 24.0 Å². The highest BCUT2D eigenvalue weighted by atomic mass is 32.1. The van der Waals surface area contributed by atoms with Gasteiger partial charge in [-0.05, 0) is 19.8 Å². The Morgan fingerprint density at radius 3 is 2.83 bits per heavy atom. The van der Waals surface area contributed by atoms with Crippen molar-refractivity contribution >= 4 is 46.3 Å². The van der Waals surface area contributed by atoms with E-state index in [2.05, 4.69) is 15.6 Å². The van der Waals surface area contributed by atoms with Gasteiger partial charge in [-0.15, -0.1) is 11.3 Å². The Bertz CT molecular complexity index is 983. The van der Waals surface area contributed by atoms with Gasteiger partial charge >= 0.3 is 5.97 Å². The summed E-state index contributed by atoms with van der Waals surface area (Å²) in [6, 6.07) is 1.60. The van der Waals surface area contributed by atoms with Crippen LogP contribution in [0.25, 0.3) is 0 Å². The SMILES string of the molecule is CCN1CCc2scc(Nc3cc(NC(=O)C4CC4)ncc3C(=O)OC)c2C1=O. The minimum absolute atomic E-state index is 0.0200. The standard InChI is InChI=1S/C20H22N4O4S/c1-3-24-7-6-15-17(19(24)26)14(10-29-15)22-13-8-16(23-18(25)11-4-5-11)21-9-12(13)20(27)28-2/h8-11H,3-7H2,1-2H3,(H2,21,22,23,25). The average molecular weight is 414 g/mol. The molecule has 4 rings (SSSR count). The first-order chi connectivity index (χ1) is 14.0. The highest BCUT2D eigenvalue weighted by molar-refractivity contribution is 7.11. The maximum absolute atomic E-state index is 12.8. The van der Waals surface area contributed by atoms with Gasteiger partial charge in [0, 0.05) is 47.9 Å². The van der Waals surface area contributed by atoms with E-state index < -0.39 is 5.97 Å². The van der Waals surface area contributed by atoms with E-state index in [9.17, 15) is 14.4 Å². The van der Waals surface area contributed by atoms with E-state index in [4.69, 9.17) is 4.74 Å². The molecule has 0 saturated heterocycles. The predicted octanol–water partition coefficient (Wildman–Crippen LogP) is 3.04. The second-order valence-corrected chi connectivity index (χ2v) is 8.04. The summed E-state index contributed by atoms with van der Waals surface area (Å²) >= 11 is 1.52. The number of hydrogen-bond acceptors (Lipinski definition) is 7. The van der Waals surface area contributed by atoms with Crippen LogP contribution in [0.4, 0.5) is 17.2 Å². The van der Waals surface area contributed by atoms with Gasteiger partial charge < -0.3 is 20.3 Å². The summed E-state index contributed by atoms with van der Waals surface area (Å²) in [6.45, 7) is 3.31. The van der Waals surface area contributed by atoms with Crippen molar-refractivity contribution in [2.45, 2.75) is 26.2 Å². The number of nitrogens with one attached hydrogen (secondary N) is 2. The van der Waals surface area contributed by atoms with Crippen LogP contribution < -0.4 is 10.6 Å². The lowest BCUT2D eigenvalue weighted by atomic mass is 10.1. The molecular weight excluding hydrogens is 392 g/mol. The van der Waals surface area contributed by atoms with E-state index in [0.29, 0.717) is 35.8 Å². The first-order valence-electron chi connectivity index (χ1n) is 9.57. The smallest absolute Gasteiger partial charge is 0.341 e. The number of ether oxygens (including phenoxy) is 1. The Balaban J connectivity index is 1.67. The number of methoxy groups -OCH3 is 1. The molecule has 2 N–H and O–H groups in total. The number of amides is 2. The summed E-state index contributed by atoms with van der Waals surface area (Å²) in [6.07, 6.45) is 3.95. The number of esters is 1. The molecule has 1 fully saturated rings. The number of hydrogen-bond donors (Lipinski definition) is 2. The van der Waals surface area contributed by atoms with Crippen LogP contribution >= 0.6 is 11.3 Å². The van der Waals surface area contributed by atoms with Crippen LogP contribution in [0.3, 0.4) is 0 Å². The lowest BCUT2D eigenvalue weighted by molar-refractivity contribution is -0.117. The maximum atomic E-state index is 12.8. The third-order valence-corrected chi connectivity index (χ3v) is 6.18. The number of anilines is 3. The fourth-order valence-corrected chi connectivity index (χ4v) is 4.29. The van der Waals surface area contributed by atoms with Gasteiger partial charge in [0.25, 0.3) is 5.91 Å². The minimum Gasteiger partial charge on any atom is -0.465 e. The van der Waals surface area contributed by atoms with E-state index in [1.807, 2.05) is 12.3 Å². The number of carbonyl (C=O) groups is 3. The zero-order chi connectivity index (χ0) is 20.5. The molecule has 1 aliphatic heterocycles. The topological polar surface area (TPSA) is 101 Å². The maximum Gasteiger partial charge on any atom is 0.341 e. The van der Waals surface area contributed by atoms with Gasteiger partial charge in [0.1, 0.15) is 11.4 Å². The number of likely N-dealkylation sites (N-methyl/N-ethyl adjacent to an activating group) is 1. The zero-order valence-electron chi connectivity index (χ0n) is 16.3. The second kappa shape index (κ2) is 7.82. The molecule has 0 unspecified atom stereocenters. The van der Waals surface area contributed by atoms with Gasteiger partial charge in [-0.1, -0.05) is 0 Å². The quantitative estimate of drug-likeness (QED) is 0.705. The molecule has 9 heteroatoms. The molecule has 29 heavy (non-hydrogen) atoms. The number of fused-ring (bicyclic) bond motifs is 1. The molecule has 0 spiro atoms. The molecule has 2 aromatic rings. The molecule has 3 heterocycles. The molecule has 2 amide bonds. The lowest BCUT2D eigenvalue weighted by Crippen LogP contribution is -2.36. The molecule has 0 aromatic carbocycles. The lowest BCUT2D eigenvalue weighted by Gasteiger charge is -2.26. The van der Waals surface area contributed by atoms with Gasteiger partial charge in [0.15, 0.2) is 0 Å². The van der Waals surface area contributed by atoms with Gasteiger partial charge in [-0.2, -0.15) is 0 Å². The van der Waals surface area contributed by atoms with E-state index in [-0.39, 0.29) is 23.3 Å². The van der Waals surface area contributed by atoms with Crippen molar-refractivity contribution in [2.75, 3.05) is 30.8 Å². The Kier molecular flexibility index (Phi) is 5.23. The number of carbonyl (C=O) groups excluding carboxylic acids is 3. The molecule has 1 saturated carbocycles. The summed E-state index contributed by atoms with van der Waals surface area (Å²) in [5, 5.41) is 7.86. The molecule has 1 aliphatic carbocycles. The van der Waals surface area contributed by atoms with E-state index in [1.54, 1.807) is 11.0 Å². The summed E-state index contributed by atoms with van der Waals surface area (Å²) in [5.74, 6) is -0.257. The van der Waals surface area contributed by atoms with Gasteiger partial charge in [0.2, 0.25) is 5.91 Å². The first kappa shape index (κ1) is 19.4. The van der Waals surface area contributed by atoms with Gasteiger partial charge in [-0.3, -0.25) is 9.59 Å². The van der Waals surface area contributed by atoms with Crippen LogP contribution in [0.15, 0.2) is 17.6 Å². The molecule has 2 aliphatic rings. The van der Waals surface area contributed by atoms with Crippen molar-refractivity contribution in [3.05, 3.63) is 33.6 Å². The molecule has 152 valence electrons. The third-order valence-electron chi connectivity index (χ3n) is 5.14. The highest BCUT2D eigenvalue weighted by Crippen LogP contribution is 2.36. The van der Waals surface area contributed by atoms with Gasteiger partial charge in [-0.25, -0.2) is 9.78 Å². The monoisotopic (exact) mass is 414 g/mol. The third kappa shape index (κ3) is 3.82. The Morgan fingerprint density at radius 1 is 1.34 bits per heavy atom.